The first-order valence-electron chi connectivity index (χ1n) is 3.59. The van der Waals surface area contributed by atoms with Gasteiger partial charge in [0.25, 0.3) is 0 Å². The lowest BCUT2D eigenvalue weighted by Gasteiger charge is -2.11. The number of carbonyl (C=O) groups is 2. The van der Waals surface area contributed by atoms with Gasteiger partial charge in [0.05, 0.1) is 0 Å². The molecule has 12 heavy (non-hydrogen) atoms. The highest BCUT2D eigenvalue weighted by molar-refractivity contribution is 5.76. The molecule has 0 unspecified atom stereocenters. The number of hydrogen-bond acceptors (Lipinski definition) is 5. The Bertz CT molecular complexity index is 178. The molecule has 1 atom stereocenters. The molecule has 5 nitrogen and oxygen atoms in total. The molecule has 0 spiro atoms. The van der Waals surface area contributed by atoms with Gasteiger partial charge in [0, 0.05) is 6.92 Å². The summed E-state index contributed by atoms with van der Waals surface area (Å²) >= 11 is 0. The Labute approximate surface area is 70.7 Å². The van der Waals surface area contributed by atoms with Crippen molar-refractivity contribution in [2.75, 3.05) is 0 Å². The smallest absolute Gasteiger partial charge is 0.318 e. The third kappa shape index (κ3) is 3.92. The zero-order chi connectivity index (χ0) is 9.72. The maximum Gasteiger partial charge on any atom is 0.372 e. The van der Waals surface area contributed by atoms with Crippen LogP contribution in [-0.4, -0.2) is 18.0 Å². The lowest BCUT2D eigenvalue weighted by Crippen LogP contribution is -2.37. The van der Waals surface area contributed by atoms with E-state index in [0.717, 1.165) is 6.92 Å². The van der Waals surface area contributed by atoms with Gasteiger partial charge in [-0.3, -0.25) is 0 Å². The summed E-state index contributed by atoms with van der Waals surface area (Å²) in [5, 5.41) is 0. The first-order chi connectivity index (χ1) is 5.45. The number of hydrogen-bond donors (Lipinski definition) is 1. The minimum Gasteiger partial charge on any atom is -0.318 e. The van der Waals surface area contributed by atoms with E-state index in [2.05, 4.69) is 9.78 Å². The van der Waals surface area contributed by atoms with Crippen LogP contribution in [0.2, 0.25) is 0 Å². The normalized spacial score (nSPS) is 12.4. The lowest BCUT2D eigenvalue weighted by molar-refractivity contribution is -0.258. The summed E-state index contributed by atoms with van der Waals surface area (Å²) in [6.45, 7) is 4.66. The van der Waals surface area contributed by atoms with Gasteiger partial charge in [0.1, 0.15) is 6.04 Å². The van der Waals surface area contributed by atoms with Crippen molar-refractivity contribution in [3.8, 4) is 0 Å². The van der Waals surface area contributed by atoms with Crippen LogP contribution in [0.1, 0.15) is 20.8 Å². The molecule has 2 N–H and O–H groups in total. The predicted octanol–water partition coefficient (Wildman–Crippen LogP) is -0.00900. The van der Waals surface area contributed by atoms with E-state index < -0.39 is 18.0 Å². The van der Waals surface area contributed by atoms with Crippen molar-refractivity contribution in [2.45, 2.75) is 26.8 Å². The topological polar surface area (TPSA) is 78.6 Å². The van der Waals surface area contributed by atoms with Crippen LogP contribution in [0.15, 0.2) is 0 Å². The lowest BCUT2D eigenvalue weighted by atomic mass is 10.1. The summed E-state index contributed by atoms with van der Waals surface area (Å²) < 4.78 is 0. The summed E-state index contributed by atoms with van der Waals surface area (Å²) in [4.78, 5) is 29.2. The Hall–Kier alpha value is -1.10. The van der Waals surface area contributed by atoms with Gasteiger partial charge in [-0.2, -0.15) is 0 Å². The molecule has 0 rings (SSSR count). The van der Waals surface area contributed by atoms with Crippen molar-refractivity contribution in [1.29, 1.82) is 0 Å². The van der Waals surface area contributed by atoms with E-state index in [-0.39, 0.29) is 5.92 Å². The maximum absolute atomic E-state index is 10.9. The highest BCUT2D eigenvalue weighted by atomic mass is 17.2. The molecule has 0 bridgehead atoms. The minimum atomic E-state index is -0.760. The van der Waals surface area contributed by atoms with Gasteiger partial charge in [0.2, 0.25) is 0 Å². The van der Waals surface area contributed by atoms with Gasteiger partial charge in [-0.15, -0.1) is 0 Å². The number of nitrogens with two attached hydrogens (primary N) is 1. The molecule has 0 aromatic rings. The highest BCUT2D eigenvalue weighted by Gasteiger charge is 2.20. The molecule has 0 radical (unpaired) electrons. The van der Waals surface area contributed by atoms with Crippen molar-refractivity contribution in [3.63, 3.8) is 0 Å². The fourth-order valence-electron chi connectivity index (χ4n) is 0.427. The summed E-state index contributed by atoms with van der Waals surface area (Å²) in [6, 6.07) is -0.760. The Kier molecular flexibility index (Phi) is 4.28. The second-order valence-corrected chi connectivity index (χ2v) is 2.75. The summed E-state index contributed by atoms with van der Waals surface area (Å²) in [5.41, 5.74) is 5.38. The van der Waals surface area contributed by atoms with Gasteiger partial charge in [0.15, 0.2) is 0 Å². The second-order valence-electron chi connectivity index (χ2n) is 2.75. The first-order valence-corrected chi connectivity index (χ1v) is 3.59. The van der Waals surface area contributed by atoms with Crippen LogP contribution in [0.25, 0.3) is 0 Å². The molecule has 0 fully saturated rings. The third-order valence-corrected chi connectivity index (χ3v) is 1.23. The van der Waals surface area contributed by atoms with Gasteiger partial charge >= 0.3 is 11.9 Å². The van der Waals surface area contributed by atoms with Crippen molar-refractivity contribution in [1.82, 2.24) is 0 Å². The van der Waals surface area contributed by atoms with Crippen LogP contribution in [0.5, 0.6) is 0 Å². The van der Waals surface area contributed by atoms with Crippen molar-refractivity contribution < 1.29 is 19.4 Å². The molecule has 70 valence electrons. The Balaban J connectivity index is 3.80. The van der Waals surface area contributed by atoms with Gasteiger partial charge in [-0.05, 0) is 5.92 Å². The summed E-state index contributed by atoms with van der Waals surface area (Å²) in [6.07, 6.45) is 0. The number of carbonyl (C=O) groups excluding carboxylic acids is 2. The molecule has 0 saturated carbocycles. The molecule has 0 aliphatic heterocycles. The van der Waals surface area contributed by atoms with E-state index in [4.69, 9.17) is 5.73 Å². The van der Waals surface area contributed by atoms with Crippen molar-refractivity contribution >= 4 is 11.9 Å². The molecule has 0 heterocycles. The van der Waals surface area contributed by atoms with Crippen LogP contribution < -0.4 is 5.73 Å². The zero-order valence-corrected chi connectivity index (χ0v) is 7.37. The van der Waals surface area contributed by atoms with Crippen LogP contribution in [0.4, 0.5) is 0 Å². The monoisotopic (exact) mass is 175 g/mol. The van der Waals surface area contributed by atoms with E-state index >= 15 is 0 Å². The van der Waals surface area contributed by atoms with E-state index in [1.165, 1.54) is 0 Å². The molecule has 0 aliphatic rings. The average Bonchev–Trinajstić information content (AvgIpc) is 1.98. The largest absolute Gasteiger partial charge is 0.372 e. The molecule has 0 saturated heterocycles. The molecule has 0 aromatic heterocycles. The van der Waals surface area contributed by atoms with Gasteiger partial charge in [-0.1, -0.05) is 13.8 Å². The van der Waals surface area contributed by atoms with E-state index in [1.54, 1.807) is 13.8 Å². The van der Waals surface area contributed by atoms with Crippen molar-refractivity contribution in [2.24, 2.45) is 11.7 Å². The van der Waals surface area contributed by atoms with Crippen LogP contribution in [0, 0.1) is 5.92 Å². The fourth-order valence-corrected chi connectivity index (χ4v) is 0.427. The number of rotatable bonds is 2. The molecule has 0 amide bonds. The Morgan fingerprint density at radius 3 is 2.08 bits per heavy atom. The van der Waals surface area contributed by atoms with Gasteiger partial charge in [-0.25, -0.2) is 19.4 Å². The predicted molar refractivity (Wildman–Crippen MR) is 40.7 cm³/mol. The fraction of sp³-hybridized carbons (Fsp3) is 0.714. The molecular formula is C7H13NO4. The van der Waals surface area contributed by atoms with Crippen LogP contribution in [0.3, 0.4) is 0 Å². The average molecular weight is 175 g/mol. The summed E-state index contributed by atoms with van der Waals surface area (Å²) in [5.74, 6) is -1.47. The minimum absolute atomic E-state index is 0.0481. The zero-order valence-electron chi connectivity index (χ0n) is 7.37. The quantitative estimate of drug-likeness (QED) is 0.471. The maximum atomic E-state index is 10.9. The first kappa shape index (κ1) is 10.9. The van der Waals surface area contributed by atoms with E-state index in [9.17, 15) is 9.59 Å². The molecule has 0 aliphatic carbocycles. The molecular weight excluding hydrogens is 162 g/mol. The summed E-state index contributed by atoms with van der Waals surface area (Å²) in [7, 11) is 0. The SMILES string of the molecule is CC(=O)OOC(=O)[C@H](N)C(C)C. The van der Waals surface area contributed by atoms with E-state index in [0.29, 0.717) is 0 Å². The highest BCUT2D eigenvalue weighted by Crippen LogP contribution is 2.00. The third-order valence-electron chi connectivity index (χ3n) is 1.23. The Morgan fingerprint density at radius 1 is 1.25 bits per heavy atom. The standard InChI is InChI=1S/C7H13NO4/c1-4(2)6(8)7(10)12-11-5(3)9/h4,6H,8H2,1-3H3/t6-/m1/s1. The van der Waals surface area contributed by atoms with E-state index in [1.807, 2.05) is 0 Å². The van der Waals surface area contributed by atoms with Crippen molar-refractivity contribution in [3.05, 3.63) is 0 Å². The molecule has 0 aromatic carbocycles. The van der Waals surface area contributed by atoms with Crippen LogP contribution in [-0.2, 0) is 19.4 Å². The molecule has 5 heteroatoms. The Morgan fingerprint density at radius 2 is 1.75 bits per heavy atom. The van der Waals surface area contributed by atoms with Crippen LogP contribution >= 0.6 is 0 Å². The van der Waals surface area contributed by atoms with Gasteiger partial charge < -0.3 is 5.73 Å². The second kappa shape index (κ2) is 4.71.